The van der Waals surface area contributed by atoms with Crippen LogP contribution < -0.4 is 4.18 Å². The van der Waals surface area contributed by atoms with Crippen molar-refractivity contribution < 1.29 is 61.4 Å². The van der Waals surface area contributed by atoms with Crippen LogP contribution in [0.5, 0.6) is 5.75 Å². The number of esters is 1. The molecule has 150 valence electrons. The summed E-state index contributed by atoms with van der Waals surface area (Å²) in [5, 5.41) is 0. The molecule has 8 nitrogen and oxygen atoms in total. The second-order valence-corrected chi connectivity index (χ2v) is 6.87. The molecule has 0 aliphatic heterocycles. The summed E-state index contributed by atoms with van der Waals surface area (Å²) >= 11 is 0. The lowest BCUT2D eigenvalue weighted by Gasteiger charge is -2.09. The van der Waals surface area contributed by atoms with Crippen molar-refractivity contribution in [2.45, 2.75) is 11.0 Å². The van der Waals surface area contributed by atoms with Gasteiger partial charge < -0.3 is 8.92 Å². The van der Waals surface area contributed by atoms with Crippen molar-refractivity contribution in [1.29, 1.82) is 0 Å². The van der Waals surface area contributed by atoms with Crippen LogP contribution in [0.1, 0.15) is 10.4 Å². The van der Waals surface area contributed by atoms with Crippen molar-refractivity contribution in [2.24, 2.45) is 0 Å². The molecule has 1 aromatic carbocycles. The minimum atomic E-state index is -5.84. The predicted molar refractivity (Wildman–Crippen MR) is 71.0 cm³/mol. The van der Waals surface area contributed by atoms with Gasteiger partial charge in [-0.05, 0) is 18.2 Å². The van der Waals surface area contributed by atoms with Crippen molar-refractivity contribution in [3.63, 3.8) is 0 Å². The van der Waals surface area contributed by atoms with E-state index in [1.54, 1.807) is 0 Å². The van der Waals surface area contributed by atoms with Gasteiger partial charge in [0.25, 0.3) is 0 Å². The molecule has 1 rings (SSSR count). The number of methoxy groups -OCH3 is 1. The minimum absolute atomic E-state index is 0.132. The monoisotopic (exact) mass is 434 g/mol. The molecule has 1 N–H and O–H groups in total. The van der Waals surface area contributed by atoms with E-state index in [0.717, 1.165) is 25.3 Å². The molecule has 0 bridgehead atoms. The number of benzene rings is 1. The lowest BCUT2D eigenvalue weighted by atomic mass is 10.2. The summed E-state index contributed by atoms with van der Waals surface area (Å²) in [6.45, 7) is 0. The number of rotatable bonds is 3. The molecule has 26 heavy (non-hydrogen) atoms. The van der Waals surface area contributed by atoms with Gasteiger partial charge in [-0.2, -0.15) is 43.2 Å². The molecule has 0 radical (unpaired) electrons. The smallest absolute Gasteiger partial charge is 0.465 e. The third-order valence-corrected chi connectivity index (χ3v) is 3.60. The van der Waals surface area contributed by atoms with E-state index >= 15 is 0 Å². The molecule has 0 heterocycles. The highest BCUT2D eigenvalue weighted by atomic mass is 32.2. The van der Waals surface area contributed by atoms with E-state index in [1.165, 1.54) is 6.07 Å². The average Bonchev–Trinajstić information content (AvgIpc) is 2.43. The van der Waals surface area contributed by atoms with Crippen LogP contribution >= 0.6 is 0 Å². The molecule has 0 spiro atoms. The number of halogens is 6. The second-order valence-electron chi connectivity index (χ2n) is 3.92. The van der Waals surface area contributed by atoms with Gasteiger partial charge >= 0.3 is 37.2 Å². The standard InChI is InChI=1S/C9H7F3O5S.CHF3O3S/c1-16-8(13)6-3-2-4-7(5-6)17-18(14,15)9(10,11)12;2-1(3,4)8(5,6)7/h2-5H,1H3;(H,5,6,7). The molecule has 0 saturated carbocycles. The summed E-state index contributed by atoms with van der Waals surface area (Å²) in [6.07, 6.45) is 0. The van der Waals surface area contributed by atoms with Crippen molar-refractivity contribution >= 4 is 26.2 Å². The van der Waals surface area contributed by atoms with Gasteiger partial charge in [0.2, 0.25) is 0 Å². The molecular formula is C10H8F6O8S2. The Morgan fingerprint density at radius 2 is 1.46 bits per heavy atom. The maximum atomic E-state index is 12.0. The Hall–Kier alpha value is -2.07. The van der Waals surface area contributed by atoms with Gasteiger partial charge in [0.1, 0.15) is 5.75 Å². The number of ether oxygens (including phenoxy) is 1. The first-order chi connectivity index (χ1) is 11.4. The Kier molecular flexibility index (Phi) is 7.44. The minimum Gasteiger partial charge on any atom is -0.465 e. The van der Waals surface area contributed by atoms with Crippen LogP contribution in [0.15, 0.2) is 24.3 Å². The van der Waals surface area contributed by atoms with Crippen LogP contribution in [0.2, 0.25) is 0 Å². The number of alkyl halides is 6. The zero-order chi connectivity index (χ0) is 21.0. The van der Waals surface area contributed by atoms with Crippen LogP contribution in [0, 0.1) is 0 Å². The van der Waals surface area contributed by atoms with E-state index in [2.05, 4.69) is 8.92 Å². The van der Waals surface area contributed by atoms with Crippen LogP contribution in [-0.4, -0.2) is 45.5 Å². The molecule has 16 heteroatoms. The Balaban J connectivity index is 0.000000660. The van der Waals surface area contributed by atoms with Gasteiger partial charge in [-0.1, -0.05) is 6.07 Å². The third-order valence-electron chi connectivity index (χ3n) is 2.04. The predicted octanol–water partition coefficient (Wildman–Crippen LogP) is 2.10. The van der Waals surface area contributed by atoms with E-state index in [1.807, 2.05) is 0 Å². The fourth-order valence-electron chi connectivity index (χ4n) is 0.967. The molecular weight excluding hydrogens is 426 g/mol. The number of hydrogen-bond acceptors (Lipinski definition) is 7. The highest BCUT2D eigenvalue weighted by Gasteiger charge is 2.48. The first-order valence-corrected chi connectivity index (χ1v) is 8.50. The molecule has 0 fully saturated rings. The van der Waals surface area contributed by atoms with Gasteiger partial charge in [0.05, 0.1) is 12.7 Å². The highest BCUT2D eigenvalue weighted by molar-refractivity contribution is 7.88. The Labute approximate surface area is 142 Å². The fourth-order valence-corrected chi connectivity index (χ4v) is 1.42. The quantitative estimate of drug-likeness (QED) is 0.252. The number of carbonyl (C=O) groups excluding carboxylic acids is 1. The molecule has 0 aliphatic carbocycles. The van der Waals surface area contributed by atoms with Gasteiger partial charge in [0, 0.05) is 0 Å². The Bertz CT molecular complexity index is 841. The fraction of sp³-hybridized carbons (Fsp3) is 0.300. The van der Waals surface area contributed by atoms with Gasteiger partial charge in [-0.25, -0.2) is 4.79 Å². The SMILES string of the molecule is COC(=O)c1cccc(OS(=O)(=O)C(F)(F)F)c1.O=S(=O)(O)C(F)(F)F. The normalized spacial score (nSPS) is 12.6. The zero-order valence-electron chi connectivity index (χ0n) is 12.2. The summed E-state index contributed by atoms with van der Waals surface area (Å²) in [6, 6.07) is 4.19. The Morgan fingerprint density at radius 1 is 1.00 bits per heavy atom. The lowest BCUT2D eigenvalue weighted by molar-refractivity contribution is -0.0512. The van der Waals surface area contributed by atoms with Gasteiger partial charge in [-0.15, -0.1) is 0 Å². The molecule has 0 unspecified atom stereocenters. The van der Waals surface area contributed by atoms with Crippen molar-refractivity contribution in [2.75, 3.05) is 7.11 Å². The van der Waals surface area contributed by atoms with Crippen molar-refractivity contribution in [1.82, 2.24) is 0 Å². The van der Waals surface area contributed by atoms with Crippen molar-refractivity contribution in [3.8, 4) is 5.75 Å². The zero-order valence-corrected chi connectivity index (χ0v) is 13.8. The summed E-state index contributed by atoms with van der Waals surface area (Å²) in [4.78, 5) is 11.1. The summed E-state index contributed by atoms with van der Waals surface area (Å²) < 4.78 is 123. The first-order valence-electron chi connectivity index (χ1n) is 5.65. The molecule has 0 aromatic heterocycles. The maximum absolute atomic E-state index is 12.0. The maximum Gasteiger partial charge on any atom is 0.534 e. The molecule has 0 amide bonds. The van der Waals surface area contributed by atoms with Crippen molar-refractivity contribution in [3.05, 3.63) is 29.8 Å². The van der Waals surface area contributed by atoms with E-state index < -0.39 is 43.0 Å². The molecule has 1 aromatic rings. The van der Waals surface area contributed by atoms with Gasteiger partial charge in [0.15, 0.2) is 0 Å². The summed E-state index contributed by atoms with van der Waals surface area (Å²) in [5.41, 5.74) is -11.2. The van der Waals surface area contributed by atoms with E-state index in [9.17, 15) is 39.6 Å². The Morgan fingerprint density at radius 3 is 1.81 bits per heavy atom. The third kappa shape index (κ3) is 7.04. The number of carbonyl (C=O) groups is 1. The lowest BCUT2D eigenvalue weighted by Crippen LogP contribution is -2.28. The largest absolute Gasteiger partial charge is 0.534 e. The van der Waals surface area contributed by atoms with Crippen LogP contribution in [0.3, 0.4) is 0 Å². The molecule has 0 aliphatic rings. The average molecular weight is 434 g/mol. The highest BCUT2D eigenvalue weighted by Crippen LogP contribution is 2.27. The van der Waals surface area contributed by atoms with Crippen LogP contribution in [0.4, 0.5) is 26.3 Å². The van der Waals surface area contributed by atoms with Crippen LogP contribution in [-0.2, 0) is 25.0 Å². The number of hydrogen-bond donors (Lipinski definition) is 1. The topological polar surface area (TPSA) is 124 Å². The van der Waals surface area contributed by atoms with Crippen LogP contribution in [0.25, 0.3) is 0 Å². The summed E-state index contributed by atoms with van der Waals surface area (Å²) in [7, 11) is -10.5. The van der Waals surface area contributed by atoms with Gasteiger partial charge in [-0.3, -0.25) is 4.55 Å². The summed E-state index contributed by atoms with van der Waals surface area (Å²) in [5.74, 6) is -1.46. The van der Waals surface area contributed by atoms with E-state index in [-0.39, 0.29) is 5.56 Å². The molecule has 0 atom stereocenters. The first kappa shape index (κ1) is 23.9. The molecule has 0 saturated heterocycles. The second kappa shape index (κ2) is 8.09. The van der Waals surface area contributed by atoms with E-state index in [0.29, 0.717) is 0 Å². The van der Waals surface area contributed by atoms with E-state index in [4.69, 9.17) is 13.0 Å².